The van der Waals surface area contributed by atoms with Crippen molar-refractivity contribution in [2.45, 2.75) is 135 Å². The predicted molar refractivity (Wildman–Crippen MR) is 140 cm³/mol. The lowest BCUT2D eigenvalue weighted by atomic mass is 9.90. The molecular weight excluding hydrogens is 392 g/mol. The van der Waals surface area contributed by atoms with Gasteiger partial charge in [-0.3, -0.25) is 0 Å². The van der Waals surface area contributed by atoms with E-state index in [1.807, 2.05) is 12.1 Å². The van der Waals surface area contributed by atoms with Crippen LogP contribution in [0.4, 0.5) is 0 Å². The number of hydrogen-bond acceptors (Lipinski definition) is 2. The van der Waals surface area contributed by atoms with Crippen LogP contribution in [0.1, 0.15) is 122 Å². The fourth-order valence-electron chi connectivity index (χ4n) is 4.46. The van der Waals surface area contributed by atoms with Crippen LogP contribution in [0.25, 0.3) is 0 Å². The van der Waals surface area contributed by atoms with Gasteiger partial charge in [0.2, 0.25) is 0 Å². The summed E-state index contributed by atoms with van der Waals surface area (Å²) in [4.78, 5) is 0. The Kier molecular flexibility index (Phi) is 18.5. The number of aliphatic hydroxyl groups is 1. The molecular formula is C30H52O2. The fourth-order valence-corrected chi connectivity index (χ4v) is 4.46. The molecule has 3 atom stereocenters. The number of unbranched alkanes of at least 4 members (excludes halogenated alkanes) is 11. The molecule has 2 heteroatoms. The first-order valence-electron chi connectivity index (χ1n) is 13.7. The second-order valence-electron chi connectivity index (χ2n) is 9.59. The summed E-state index contributed by atoms with van der Waals surface area (Å²) >= 11 is 0. The largest absolute Gasteiger partial charge is 0.392 e. The van der Waals surface area contributed by atoms with E-state index in [4.69, 9.17) is 4.74 Å². The van der Waals surface area contributed by atoms with Gasteiger partial charge in [-0.2, -0.15) is 0 Å². The highest BCUT2D eigenvalue weighted by Gasteiger charge is 2.21. The number of ether oxygens (including phenoxy) is 1. The van der Waals surface area contributed by atoms with Crippen molar-refractivity contribution < 1.29 is 9.84 Å². The van der Waals surface area contributed by atoms with E-state index >= 15 is 0 Å². The Bertz CT molecular complexity index is 527. The summed E-state index contributed by atoms with van der Waals surface area (Å²) in [5.41, 5.74) is 1.21. The molecule has 0 aliphatic heterocycles. The standard InChI is InChI=1S/C30H52O2/c1-4-7-9-11-12-13-14-15-20-24-29(32-26-27-21-17-16-18-22-27)25-30(31)28(6-3)23-19-10-8-5-2/h6,16-18,21-22,28-31H,3-5,7-15,19-20,23-26H2,1-2H3/t28-,29-,30+/m1/s1. The van der Waals surface area contributed by atoms with E-state index < -0.39 is 0 Å². The summed E-state index contributed by atoms with van der Waals surface area (Å²) < 4.78 is 6.31. The topological polar surface area (TPSA) is 29.5 Å². The normalized spacial score (nSPS) is 14.2. The molecule has 32 heavy (non-hydrogen) atoms. The van der Waals surface area contributed by atoms with Crippen LogP contribution < -0.4 is 0 Å². The molecule has 0 aliphatic carbocycles. The van der Waals surface area contributed by atoms with Crippen LogP contribution >= 0.6 is 0 Å². The average Bonchev–Trinajstić information content (AvgIpc) is 2.82. The Balaban J connectivity index is 2.42. The molecule has 0 spiro atoms. The smallest absolute Gasteiger partial charge is 0.0720 e. The van der Waals surface area contributed by atoms with Crippen LogP contribution in [0.5, 0.6) is 0 Å². The van der Waals surface area contributed by atoms with E-state index in [1.54, 1.807) is 0 Å². The highest BCUT2D eigenvalue weighted by molar-refractivity contribution is 5.13. The van der Waals surface area contributed by atoms with Crippen LogP contribution in [0.3, 0.4) is 0 Å². The van der Waals surface area contributed by atoms with Gasteiger partial charge in [-0.05, 0) is 18.4 Å². The van der Waals surface area contributed by atoms with Crippen molar-refractivity contribution >= 4 is 0 Å². The molecule has 0 radical (unpaired) electrons. The lowest BCUT2D eigenvalue weighted by molar-refractivity contribution is -0.0122. The van der Waals surface area contributed by atoms with Crippen molar-refractivity contribution in [3.63, 3.8) is 0 Å². The van der Waals surface area contributed by atoms with Gasteiger partial charge in [-0.15, -0.1) is 6.58 Å². The Morgan fingerprint density at radius 3 is 1.91 bits per heavy atom. The minimum atomic E-state index is -0.353. The first-order valence-corrected chi connectivity index (χ1v) is 13.7. The van der Waals surface area contributed by atoms with Crippen LogP contribution in [0.15, 0.2) is 43.0 Å². The Morgan fingerprint density at radius 1 is 0.781 bits per heavy atom. The summed E-state index contributed by atoms with van der Waals surface area (Å²) in [7, 11) is 0. The fraction of sp³-hybridized carbons (Fsp3) is 0.733. The van der Waals surface area contributed by atoms with Gasteiger partial charge in [0.15, 0.2) is 0 Å². The number of hydrogen-bond donors (Lipinski definition) is 1. The van der Waals surface area contributed by atoms with E-state index in [2.05, 4.69) is 44.7 Å². The van der Waals surface area contributed by atoms with Gasteiger partial charge in [0, 0.05) is 12.3 Å². The Morgan fingerprint density at radius 2 is 1.31 bits per heavy atom. The molecule has 0 aliphatic rings. The summed E-state index contributed by atoms with van der Waals surface area (Å²) in [6.07, 6.45) is 21.5. The number of benzene rings is 1. The molecule has 0 unspecified atom stereocenters. The maximum Gasteiger partial charge on any atom is 0.0720 e. The molecule has 0 amide bonds. The maximum absolute atomic E-state index is 10.9. The predicted octanol–water partition coefficient (Wildman–Crippen LogP) is 9.02. The third kappa shape index (κ3) is 14.9. The Labute approximate surface area is 199 Å². The molecule has 184 valence electrons. The van der Waals surface area contributed by atoms with E-state index in [0.29, 0.717) is 13.0 Å². The SMILES string of the molecule is C=C[C@H](CCCCCC)[C@@H](O)C[C@@H](CCCCCCCCCCC)OCc1ccccc1. The molecule has 1 aromatic rings. The number of aliphatic hydroxyl groups excluding tert-OH is 1. The average molecular weight is 445 g/mol. The molecule has 0 fully saturated rings. The van der Waals surface area contributed by atoms with Crippen molar-refractivity contribution in [1.82, 2.24) is 0 Å². The summed E-state index contributed by atoms with van der Waals surface area (Å²) in [6.45, 7) is 9.15. The molecule has 0 aromatic heterocycles. The first kappa shape index (κ1) is 28.9. The van der Waals surface area contributed by atoms with E-state index in [9.17, 15) is 5.11 Å². The highest BCUT2D eigenvalue weighted by Crippen LogP contribution is 2.23. The third-order valence-corrected chi connectivity index (χ3v) is 6.65. The van der Waals surface area contributed by atoms with Gasteiger partial charge in [-0.1, -0.05) is 134 Å². The van der Waals surface area contributed by atoms with Crippen LogP contribution in [-0.4, -0.2) is 17.3 Å². The summed E-state index contributed by atoms with van der Waals surface area (Å²) in [5, 5.41) is 10.9. The van der Waals surface area contributed by atoms with Crippen molar-refractivity contribution in [1.29, 1.82) is 0 Å². The first-order chi connectivity index (χ1) is 15.7. The van der Waals surface area contributed by atoms with Crippen molar-refractivity contribution in [3.8, 4) is 0 Å². The van der Waals surface area contributed by atoms with E-state index in [-0.39, 0.29) is 18.1 Å². The molecule has 1 aromatic carbocycles. The Hall–Kier alpha value is -1.12. The third-order valence-electron chi connectivity index (χ3n) is 6.65. The zero-order chi connectivity index (χ0) is 23.3. The second-order valence-corrected chi connectivity index (χ2v) is 9.59. The molecule has 1 N–H and O–H groups in total. The lowest BCUT2D eigenvalue weighted by Crippen LogP contribution is -2.26. The van der Waals surface area contributed by atoms with Gasteiger partial charge in [0.05, 0.1) is 18.8 Å². The zero-order valence-corrected chi connectivity index (χ0v) is 21.3. The lowest BCUT2D eigenvalue weighted by Gasteiger charge is -2.25. The number of rotatable bonds is 22. The highest BCUT2D eigenvalue weighted by atomic mass is 16.5. The van der Waals surface area contributed by atoms with Crippen molar-refractivity contribution in [3.05, 3.63) is 48.6 Å². The monoisotopic (exact) mass is 444 g/mol. The van der Waals surface area contributed by atoms with Crippen molar-refractivity contribution in [2.75, 3.05) is 0 Å². The van der Waals surface area contributed by atoms with Crippen LogP contribution in [-0.2, 0) is 11.3 Å². The second kappa shape index (κ2) is 20.5. The minimum absolute atomic E-state index is 0.118. The van der Waals surface area contributed by atoms with Gasteiger partial charge < -0.3 is 9.84 Å². The molecule has 2 nitrogen and oxygen atoms in total. The van der Waals surface area contributed by atoms with Gasteiger partial charge in [0.1, 0.15) is 0 Å². The van der Waals surface area contributed by atoms with Crippen LogP contribution in [0.2, 0.25) is 0 Å². The molecule has 0 heterocycles. The van der Waals surface area contributed by atoms with E-state index in [0.717, 1.165) is 12.8 Å². The summed E-state index contributed by atoms with van der Waals surface area (Å²) in [6, 6.07) is 10.4. The van der Waals surface area contributed by atoms with Gasteiger partial charge >= 0.3 is 0 Å². The van der Waals surface area contributed by atoms with Crippen LogP contribution in [0, 0.1) is 5.92 Å². The quantitative estimate of drug-likeness (QED) is 0.143. The maximum atomic E-state index is 10.9. The summed E-state index contributed by atoms with van der Waals surface area (Å²) in [5.74, 6) is 0.179. The van der Waals surface area contributed by atoms with Crippen molar-refractivity contribution in [2.24, 2.45) is 5.92 Å². The zero-order valence-electron chi connectivity index (χ0n) is 21.3. The molecule has 0 saturated heterocycles. The van der Waals surface area contributed by atoms with Gasteiger partial charge in [-0.25, -0.2) is 0 Å². The molecule has 1 rings (SSSR count). The molecule has 0 bridgehead atoms. The van der Waals surface area contributed by atoms with E-state index in [1.165, 1.54) is 89.0 Å². The minimum Gasteiger partial charge on any atom is -0.392 e. The van der Waals surface area contributed by atoms with Gasteiger partial charge in [0.25, 0.3) is 0 Å². The molecule has 0 saturated carbocycles.